The molecule has 0 bridgehead atoms. The first-order valence-corrected chi connectivity index (χ1v) is 10.0. The van der Waals surface area contributed by atoms with Crippen molar-refractivity contribution >= 4 is 23.6 Å². The van der Waals surface area contributed by atoms with Gasteiger partial charge in [-0.15, -0.1) is 0 Å². The van der Waals surface area contributed by atoms with Gasteiger partial charge in [0, 0.05) is 24.2 Å². The number of benzene rings is 2. The van der Waals surface area contributed by atoms with Gasteiger partial charge in [0.15, 0.2) is 11.5 Å². The van der Waals surface area contributed by atoms with Crippen molar-refractivity contribution in [1.29, 1.82) is 0 Å². The lowest BCUT2D eigenvalue weighted by molar-refractivity contribution is -0.116. The van der Waals surface area contributed by atoms with Gasteiger partial charge in [0.05, 0.1) is 14.2 Å². The van der Waals surface area contributed by atoms with Crippen LogP contribution in [0.3, 0.4) is 0 Å². The van der Waals surface area contributed by atoms with Crippen LogP contribution in [0, 0.1) is 0 Å². The van der Waals surface area contributed by atoms with Crippen LogP contribution in [0.25, 0.3) is 6.08 Å². The van der Waals surface area contributed by atoms with Gasteiger partial charge in [0.2, 0.25) is 5.91 Å². The van der Waals surface area contributed by atoms with E-state index in [0.717, 1.165) is 43.0 Å². The summed E-state index contributed by atoms with van der Waals surface area (Å²) < 4.78 is 10.6. The molecule has 0 radical (unpaired) electrons. The Morgan fingerprint density at radius 2 is 1.90 bits per heavy atom. The number of amides is 1. The first kappa shape index (κ1) is 22.8. The second kappa shape index (κ2) is 12.1. The Morgan fingerprint density at radius 3 is 2.62 bits per heavy atom. The van der Waals surface area contributed by atoms with Crippen LogP contribution in [0.5, 0.6) is 11.5 Å². The van der Waals surface area contributed by atoms with E-state index in [2.05, 4.69) is 23.3 Å². The Labute approximate surface area is 178 Å². The number of nitrogens with zero attached hydrogens (tertiary/aromatic N) is 1. The summed E-state index contributed by atoms with van der Waals surface area (Å²) in [7, 11) is 5.37. The molecule has 1 N–H and O–H groups in total. The van der Waals surface area contributed by atoms with Gasteiger partial charge >= 0.3 is 0 Å². The molecule has 0 aromatic heterocycles. The summed E-state index contributed by atoms with van der Waals surface area (Å²) in [6, 6.07) is 13.4. The maximum Gasteiger partial charge on any atom is 0.243 e. The molecule has 0 spiro atoms. The maximum atomic E-state index is 11.9. The summed E-state index contributed by atoms with van der Waals surface area (Å²) in [5.41, 5.74) is 2.11. The minimum Gasteiger partial charge on any atom is -0.493 e. The fourth-order valence-electron chi connectivity index (χ4n) is 2.87. The quantitative estimate of drug-likeness (QED) is 0.443. The molecule has 0 saturated heterocycles. The molecule has 0 fully saturated rings. The molecular weight excluding hydrogens is 388 g/mol. The molecule has 29 heavy (non-hydrogen) atoms. The molecule has 6 heteroatoms. The van der Waals surface area contributed by atoms with Crippen LogP contribution in [0.2, 0.25) is 5.02 Å². The molecule has 0 heterocycles. The SMILES string of the molecule is COc1ccc(CCN(C)CCCNC(=O)/C=C/c2cccc(Cl)c2)cc1OC. The zero-order valence-electron chi connectivity index (χ0n) is 17.3. The third-order valence-electron chi connectivity index (χ3n) is 4.52. The highest BCUT2D eigenvalue weighted by Gasteiger charge is 2.06. The van der Waals surface area contributed by atoms with Crippen molar-refractivity contribution < 1.29 is 14.3 Å². The number of rotatable bonds is 11. The van der Waals surface area contributed by atoms with Crippen molar-refractivity contribution in [2.24, 2.45) is 0 Å². The van der Waals surface area contributed by atoms with E-state index in [-0.39, 0.29) is 5.91 Å². The molecule has 2 rings (SSSR count). The number of likely N-dealkylation sites (N-methyl/N-ethyl adjacent to an activating group) is 1. The lowest BCUT2D eigenvalue weighted by atomic mass is 10.1. The van der Waals surface area contributed by atoms with Gasteiger partial charge in [-0.3, -0.25) is 4.79 Å². The first-order chi connectivity index (χ1) is 14.0. The molecule has 2 aromatic rings. The van der Waals surface area contributed by atoms with E-state index in [1.807, 2.05) is 30.3 Å². The normalized spacial score (nSPS) is 11.1. The number of carbonyl (C=O) groups is 1. The Morgan fingerprint density at radius 1 is 1.10 bits per heavy atom. The molecular formula is C23H29ClN2O3. The van der Waals surface area contributed by atoms with E-state index in [4.69, 9.17) is 21.1 Å². The number of halogens is 1. The number of hydrogen-bond acceptors (Lipinski definition) is 4. The standard InChI is InChI=1S/C23H29ClN2O3/c1-26(15-12-19-8-10-21(28-2)22(17-19)29-3)14-5-13-25-23(27)11-9-18-6-4-7-20(24)16-18/h4,6-11,16-17H,5,12-15H2,1-3H3,(H,25,27)/b11-9+. The summed E-state index contributed by atoms with van der Waals surface area (Å²) >= 11 is 5.93. The topological polar surface area (TPSA) is 50.8 Å². The Bertz CT molecular complexity index is 824. The minimum absolute atomic E-state index is 0.0991. The second-order valence-corrected chi connectivity index (χ2v) is 7.21. The van der Waals surface area contributed by atoms with Crippen molar-refractivity contribution in [3.05, 3.63) is 64.7 Å². The van der Waals surface area contributed by atoms with E-state index in [1.54, 1.807) is 26.4 Å². The van der Waals surface area contributed by atoms with Crippen molar-refractivity contribution in [1.82, 2.24) is 10.2 Å². The lowest BCUT2D eigenvalue weighted by Crippen LogP contribution is -2.28. The highest BCUT2D eigenvalue weighted by Crippen LogP contribution is 2.27. The highest BCUT2D eigenvalue weighted by molar-refractivity contribution is 6.30. The zero-order chi connectivity index (χ0) is 21.1. The van der Waals surface area contributed by atoms with Crippen LogP contribution in [0.15, 0.2) is 48.5 Å². The average molecular weight is 417 g/mol. The second-order valence-electron chi connectivity index (χ2n) is 6.78. The number of ether oxygens (including phenoxy) is 2. The van der Waals surface area contributed by atoms with Crippen molar-refractivity contribution in [2.45, 2.75) is 12.8 Å². The summed E-state index contributed by atoms with van der Waals surface area (Å²) in [6.45, 7) is 2.48. The van der Waals surface area contributed by atoms with E-state index < -0.39 is 0 Å². The molecule has 5 nitrogen and oxygen atoms in total. The van der Waals surface area contributed by atoms with Gasteiger partial charge in [-0.2, -0.15) is 0 Å². The number of carbonyl (C=O) groups excluding carboxylic acids is 1. The van der Waals surface area contributed by atoms with Crippen molar-refractivity contribution in [3.63, 3.8) is 0 Å². The van der Waals surface area contributed by atoms with Crippen molar-refractivity contribution in [2.75, 3.05) is 40.9 Å². The van der Waals surface area contributed by atoms with E-state index in [1.165, 1.54) is 11.6 Å². The Kier molecular flexibility index (Phi) is 9.54. The molecule has 0 aliphatic heterocycles. The van der Waals surface area contributed by atoms with E-state index in [9.17, 15) is 4.79 Å². The highest BCUT2D eigenvalue weighted by atomic mass is 35.5. The minimum atomic E-state index is -0.0991. The van der Waals surface area contributed by atoms with Crippen molar-refractivity contribution in [3.8, 4) is 11.5 Å². The molecule has 0 unspecified atom stereocenters. The Hall–Kier alpha value is -2.50. The van der Waals surface area contributed by atoms with Gasteiger partial charge in [-0.05, 0) is 67.9 Å². The predicted molar refractivity (Wildman–Crippen MR) is 119 cm³/mol. The summed E-state index contributed by atoms with van der Waals surface area (Å²) in [5, 5.41) is 3.56. The smallest absolute Gasteiger partial charge is 0.243 e. The van der Waals surface area contributed by atoms with Gasteiger partial charge in [-0.1, -0.05) is 29.8 Å². The largest absolute Gasteiger partial charge is 0.493 e. The number of nitrogens with one attached hydrogen (secondary N) is 1. The van der Waals surface area contributed by atoms with Gasteiger partial charge in [0.25, 0.3) is 0 Å². The molecule has 1 amide bonds. The monoisotopic (exact) mass is 416 g/mol. The van der Waals surface area contributed by atoms with E-state index in [0.29, 0.717) is 11.6 Å². The first-order valence-electron chi connectivity index (χ1n) is 9.62. The Balaban J connectivity index is 1.65. The zero-order valence-corrected chi connectivity index (χ0v) is 18.0. The molecule has 2 aromatic carbocycles. The summed E-state index contributed by atoms with van der Waals surface area (Å²) in [6.07, 6.45) is 5.10. The van der Waals surface area contributed by atoms with Crippen LogP contribution in [0.1, 0.15) is 17.5 Å². The lowest BCUT2D eigenvalue weighted by Gasteiger charge is -2.17. The van der Waals surface area contributed by atoms with Gasteiger partial charge in [0.1, 0.15) is 0 Å². The third-order valence-corrected chi connectivity index (χ3v) is 4.76. The van der Waals surface area contributed by atoms with Crippen LogP contribution < -0.4 is 14.8 Å². The molecule has 156 valence electrons. The van der Waals surface area contributed by atoms with Gasteiger partial charge < -0.3 is 19.7 Å². The molecule has 0 aliphatic carbocycles. The van der Waals surface area contributed by atoms with Gasteiger partial charge in [-0.25, -0.2) is 0 Å². The predicted octanol–water partition coefficient (Wildman–Crippen LogP) is 4.05. The molecule has 0 atom stereocenters. The van der Waals surface area contributed by atoms with Crippen LogP contribution in [-0.2, 0) is 11.2 Å². The van der Waals surface area contributed by atoms with Crippen LogP contribution >= 0.6 is 11.6 Å². The van der Waals surface area contributed by atoms with E-state index >= 15 is 0 Å². The number of hydrogen-bond donors (Lipinski definition) is 1. The van der Waals surface area contributed by atoms with Crippen LogP contribution in [-0.4, -0.2) is 51.7 Å². The molecule has 0 aliphatic rings. The third kappa shape index (κ3) is 8.18. The van der Waals surface area contributed by atoms with Crippen LogP contribution in [0.4, 0.5) is 0 Å². The fraction of sp³-hybridized carbons (Fsp3) is 0.348. The average Bonchev–Trinajstić information content (AvgIpc) is 2.73. The maximum absolute atomic E-state index is 11.9. The fourth-order valence-corrected chi connectivity index (χ4v) is 3.07. The molecule has 0 saturated carbocycles. The summed E-state index contributed by atoms with van der Waals surface area (Å²) in [4.78, 5) is 14.2. The summed E-state index contributed by atoms with van der Waals surface area (Å²) in [5.74, 6) is 1.39. The number of methoxy groups -OCH3 is 2.